The van der Waals surface area contributed by atoms with Gasteiger partial charge >= 0.3 is 6.18 Å². The minimum atomic E-state index is -4.81. The van der Waals surface area contributed by atoms with E-state index in [2.05, 4.69) is 15.9 Å². The van der Waals surface area contributed by atoms with Crippen molar-refractivity contribution in [3.63, 3.8) is 0 Å². The van der Waals surface area contributed by atoms with E-state index in [1.807, 2.05) is 0 Å². The molecule has 1 aromatic heterocycles. The van der Waals surface area contributed by atoms with Gasteiger partial charge in [-0.15, -0.1) is 0 Å². The van der Waals surface area contributed by atoms with Crippen LogP contribution >= 0.6 is 15.9 Å². The predicted molar refractivity (Wildman–Crippen MR) is 91.8 cm³/mol. The lowest BCUT2D eigenvalue weighted by Gasteiger charge is -2.13. The average molecular weight is 413 g/mol. The number of alkyl halides is 3. The summed E-state index contributed by atoms with van der Waals surface area (Å²) >= 11 is 3.22. The number of ether oxygens (including phenoxy) is 1. The number of halogens is 4. The molecule has 0 aliphatic rings. The summed E-state index contributed by atoms with van der Waals surface area (Å²) in [6.07, 6.45) is -4.81. The lowest BCUT2D eigenvalue weighted by Crippen LogP contribution is -2.16. The Hall–Kier alpha value is -2.28. The largest absolute Gasteiger partial charge is 0.494 e. The van der Waals surface area contributed by atoms with E-state index in [0.29, 0.717) is 16.8 Å². The summed E-state index contributed by atoms with van der Waals surface area (Å²) in [7, 11) is 0. The topological polar surface area (TPSA) is 39.4 Å². The van der Waals surface area contributed by atoms with Crippen LogP contribution in [0.4, 0.5) is 13.2 Å². The number of hydrogen-bond donors (Lipinski definition) is 0. The maximum Gasteiger partial charge on any atom is 0.450 e. The van der Waals surface area contributed by atoms with Crippen LogP contribution in [0.5, 0.6) is 5.75 Å². The standard InChI is InChI=1S/C18H12BrF3O3/c1-2-24-12-7-8-13-14(9-12)25-17(18(20,21)22)15(16(13)23)10-3-5-11(19)6-4-10/h3-9H,2H2,1H3. The molecule has 0 N–H and O–H groups in total. The number of hydrogen-bond acceptors (Lipinski definition) is 3. The highest BCUT2D eigenvalue weighted by Gasteiger charge is 2.39. The lowest BCUT2D eigenvalue weighted by atomic mass is 10.0. The third-order valence-corrected chi connectivity index (χ3v) is 4.09. The minimum Gasteiger partial charge on any atom is -0.494 e. The fourth-order valence-electron chi connectivity index (χ4n) is 2.51. The Kier molecular flexibility index (Phi) is 4.60. The maximum atomic E-state index is 13.5. The van der Waals surface area contributed by atoms with Crippen molar-refractivity contribution in [3.05, 3.63) is 62.9 Å². The van der Waals surface area contributed by atoms with E-state index < -0.39 is 22.9 Å². The summed E-state index contributed by atoms with van der Waals surface area (Å²) in [6.45, 7) is 2.09. The van der Waals surface area contributed by atoms with Crippen molar-refractivity contribution in [1.29, 1.82) is 0 Å². The van der Waals surface area contributed by atoms with E-state index in [1.165, 1.54) is 30.3 Å². The molecule has 0 saturated heterocycles. The third-order valence-electron chi connectivity index (χ3n) is 3.57. The van der Waals surface area contributed by atoms with Crippen molar-refractivity contribution in [2.45, 2.75) is 13.1 Å². The van der Waals surface area contributed by atoms with Crippen LogP contribution in [-0.4, -0.2) is 6.61 Å². The van der Waals surface area contributed by atoms with Crippen LogP contribution in [0.3, 0.4) is 0 Å². The molecule has 7 heteroatoms. The fraction of sp³-hybridized carbons (Fsp3) is 0.167. The molecule has 0 saturated carbocycles. The van der Waals surface area contributed by atoms with Gasteiger partial charge in [-0.25, -0.2) is 0 Å². The van der Waals surface area contributed by atoms with Crippen LogP contribution in [0.1, 0.15) is 12.7 Å². The van der Waals surface area contributed by atoms with E-state index in [0.717, 1.165) is 0 Å². The molecular formula is C18H12BrF3O3. The molecule has 0 aliphatic carbocycles. The molecule has 0 aliphatic heterocycles. The van der Waals surface area contributed by atoms with Gasteiger partial charge < -0.3 is 9.15 Å². The Balaban J connectivity index is 2.34. The zero-order chi connectivity index (χ0) is 18.2. The van der Waals surface area contributed by atoms with E-state index in [9.17, 15) is 18.0 Å². The van der Waals surface area contributed by atoms with E-state index in [4.69, 9.17) is 9.15 Å². The Bertz CT molecular complexity index is 976. The second-order valence-corrected chi connectivity index (χ2v) is 6.15. The SMILES string of the molecule is CCOc1ccc2c(=O)c(-c3ccc(Br)cc3)c(C(F)(F)F)oc2c1. The van der Waals surface area contributed by atoms with Crippen molar-refractivity contribution in [3.8, 4) is 16.9 Å². The van der Waals surface area contributed by atoms with Gasteiger partial charge in [-0.3, -0.25) is 4.79 Å². The molecule has 25 heavy (non-hydrogen) atoms. The second-order valence-electron chi connectivity index (χ2n) is 5.23. The molecule has 0 unspecified atom stereocenters. The monoisotopic (exact) mass is 412 g/mol. The number of fused-ring (bicyclic) bond motifs is 1. The molecule has 0 amide bonds. The van der Waals surface area contributed by atoms with Gasteiger partial charge in [0.1, 0.15) is 11.3 Å². The predicted octanol–water partition coefficient (Wildman–Crippen LogP) is 5.64. The van der Waals surface area contributed by atoms with Crippen LogP contribution in [0.2, 0.25) is 0 Å². The van der Waals surface area contributed by atoms with Gasteiger partial charge in [-0.05, 0) is 36.8 Å². The summed E-state index contributed by atoms with van der Waals surface area (Å²) in [5, 5.41) is 0.0642. The molecule has 1 heterocycles. The summed E-state index contributed by atoms with van der Waals surface area (Å²) in [6, 6.07) is 10.2. The van der Waals surface area contributed by atoms with Gasteiger partial charge in [0.05, 0.1) is 17.6 Å². The van der Waals surface area contributed by atoms with Gasteiger partial charge in [-0.2, -0.15) is 13.2 Å². The normalized spacial score (nSPS) is 11.7. The van der Waals surface area contributed by atoms with Crippen molar-refractivity contribution in [1.82, 2.24) is 0 Å². The molecule has 3 rings (SSSR count). The average Bonchev–Trinajstić information content (AvgIpc) is 2.55. The van der Waals surface area contributed by atoms with Gasteiger partial charge in [-0.1, -0.05) is 28.1 Å². The number of benzene rings is 2. The van der Waals surface area contributed by atoms with Gasteiger partial charge in [0.15, 0.2) is 0 Å². The summed E-state index contributed by atoms with van der Waals surface area (Å²) in [4.78, 5) is 12.7. The van der Waals surface area contributed by atoms with Gasteiger partial charge in [0.2, 0.25) is 11.2 Å². The molecule has 0 fully saturated rings. The van der Waals surface area contributed by atoms with Crippen LogP contribution in [0, 0.1) is 0 Å². The lowest BCUT2D eigenvalue weighted by molar-refractivity contribution is -0.152. The zero-order valence-electron chi connectivity index (χ0n) is 13.0. The fourth-order valence-corrected chi connectivity index (χ4v) is 2.77. The molecule has 0 radical (unpaired) electrons. The first kappa shape index (κ1) is 17.5. The highest BCUT2D eigenvalue weighted by molar-refractivity contribution is 9.10. The van der Waals surface area contributed by atoms with E-state index in [1.54, 1.807) is 19.1 Å². The third kappa shape index (κ3) is 3.42. The highest BCUT2D eigenvalue weighted by Crippen LogP contribution is 2.38. The van der Waals surface area contributed by atoms with E-state index >= 15 is 0 Å². The Morgan fingerprint density at radius 2 is 1.80 bits per heavy atom. The molecular weight excluding hydrogens is 401 g/mol. The maximum absolute atomic E-state index is 13.5. The van der Waals surface area contributed by atoms with Crippen LogP contribution in [0.25, 0.3) is 22.1 Å². The molecule has 3 nitrogen and oxygen atoms in total. The Morgan fingerprint density at radius 3 is 2.40 bits per heavy atom. The molecule has 130 valence electrons. The summed E-state index contributed by atoms with van der Waals surface area (Å²) < 4.78 is 51.5. The molecule has 0 spiro atoms. The first-order valence-corrected chi connectivity index (χ1v) is 8.17. The summed E-state index contributed by atoms with van der Waals surface area (Å²) in [5.74, 6) is -0.983. The smallest absolute Gasteiger partial charge is 0.450 e. The number of rotatable bonds is 3. The first-order chi connectivity index (χ1) is 11.8. The van der Waals surface area contributed by atoms with Gasteiger partial charge in [0, 0.05) is 10.5 Å². The first-order valence-electron chi connectivity index (χ1n) is 7.38. The van der Waals surface area contributed by atoms with Crippen LogP contribution < -0.4 is 10.2 Å². The zero-order valence-corrected chi connectivity index (χ0v) is 14.6. The molecule has 0 bridgehead atoms. The second kappa shape index (κ2) is 6.55. The minimum absolute atomic E-state index is 0.0642. The quantitative estimate of drug-likeness (QED) is 0.558. The highest BCUT2D eigenvalue weighted by atomic mass is 79.9. The van der Waals surface area contributed by atoms with Gasteiger partial charge in [0.25, 0.3) is 0 Å². The Labute approximate surface area is 149 Å². The van der Waals surface area contributed by atoms with Crippen molar-refractivity contribution in [2.24, 2.45) is 0 Å². The Morgan fingerprint density at radius 1 is 1.12 bits per heavy atom. The molecule has 3 aromatic rings. The van der Waals surface area contributed by atoms with Crippen molar-refractivity contribution >= 4 is 26.9 Å². The van der Waals surface area contributed by atoms with Crippen LogP contribution in [0.15, 0.2) is 56.1 Å². The van der Waals surface area contributed by atoms with Crippen molar-refractivity contribution < 1.29 is 22.3 Å². The molecule has 0 atom stereocenters. The molecule has 2 aromatic carbocycles. The van der Waals surface area contributed by atoms with E-state index in [-0.39, 0.29) is 16.5 Å². The van der Waals surface area contributed by atoms with Crippen LogP contribution in [-0.2, 0) is 6.18 Å². The summed E-state index contributed by atoms with van der Waals surface area (Å²) in [5.41, 5.74) is -1.26. The van der Waals surface area contributed by atoms with Crippen molar-refractivity contribution in [2.75, 3.05) is 6.61 Å².